The minimum absolute atomic E-state index is 0.0567. The van der Waals surface area contributed by atoms with Crippen molar-refractivity contribution in [2.75, 3.05) is 25.6 Å². The van der Waals surface area contributed by atoms with Crippen LogP contribution in [0.5, 0.6) is 17.2 Å². The van der Waals surface area contributed by atoms with Crippen LogP contribution in [-0.2, 0) is 0 Å². The molecule has 1 amide bonds. The second-order valence-electron chi connectivity index (χ2n) is 7.16. The first-order chi connectivity index (χ1) is 15.4. The number of ether oxygens (including phenoxy) is 3. The third kappa shape index (κ3) is 3.95. The van der Waals surface area contributed by atoms with E-state index in [1.54, 1.807) is 43.3 Å². The summed E-state index contributed by atoms with van der Waals surface area (Å²) in [5.41, 5.74) is 13.3. The summed E-state index contributed by atoms with van der Waals surface area (Å²) < 4.78 is 16.8. The summed E-state index contributed by atoms with van der Waals surface area (Å²) in [6.45, 7) is 2.25. The van der Waals surface area contributed by atoms with Crippen molar-refractivity contribution in [3.05, 3.63) is 53.2 Å². The normalized spacial score (nSPS) is 13.4. The Morgan fingerprint density at radius 3 is 2.75 bits per heavy atom. The van der Waals surface area contributed by atoms with Crippen molar-refractivity contribution in [2.24, 2.45) is 5.73 Å². The van der Waals surface area contributed by atoms with Gasteiger partial charge < -0.3 is 36.1 Å². The molecule has 1 atom stereocenters. The Morgan fingerprint density at radius 2 is 1.97 bits per heavy atom. The maximum atomic E-state index is 12.7. The second kappa shape index (κ2) is 8.60. The average molecular weight is 438 g/mol. The number of carbonyl (C=O) groups excluding carboxylic acids is 1. The zero-order chi connectivity index (χ0) is 22.8. The van der Waals surface area contributed by atoms with Crippen LogP contribution in [0.2, 0.25) is 0 Å². The maximum Gasteiger partial charge on any atom is 0.339 e. The predicted octanol–water partition coefficient (Wildman–Crippen LogP) is 1.69. The fourth-order valence-electron chi connectivity index (χ4n) is 3.55. The molecule has 4 rings (SSSR count). The van der Waals surface area contributed by atoms with Crippen LogP contribution in [0.4, 0.5) is 5.69 Å². The molecule has 2 heterocycles. The van der Waals surface area contributed by atoms with Gasteiger partial charge in [-0.2, -0.15) is 0 Å². The van der Waals surface area contributed by atoms with Gasteiger partial charge >= 0.3 is 5.97 Å². The number of fused-ring (bicyclic) bond motifs is 2. The molecule has 0 saturated heterocycles. The quantitative estimate of drug-likeness (QED) is 0.420. The van der Waals surface area contributed by atoms with Crippen molar-refractivity contribution in [3.63, 3.8) is 0 Å². The zero-order valence-electron chi connectivity index (χ0n) is 17.3. The topological polar surface area (TPSA) is 159 Å². The molecule has 0 spiro atoms. The van der Waals surface area contributed by atoms with Crippen LogP contribution < -0.4 is 31.0 Å². The number of hydrogen-bond acceptors (Lipinski definition) is 8. The monoisotopic (exact) mass is 438 g/mol. The number of carboxylic acid groups (broad SMARTS) is 1. The number of carbonyl (C=O) groups is 2. The summed E-state index contributed by atoms with van der Waals surface area (Å²) in [6, 6.07) is 10.1. The van der Waals surface area contributed by atoms with Crippen molar-refractivity contribution in [1.29, 1.82) is 0 Å². The van der Waals surface area contributed by atoms with Gasteiger partial charge in [-0.25, -0.2) is 4.79 Å². The molecule has 10 heteroatoms. The van der Waals surface area contributed by atoms with Gasteiger partial charge in [0.05, 0.1) is 27.8 Å². The number of rotatable bonds is 6. The molecule has 10 nitrogen and oxygen atoms in total. The molecular formula is C22H22N4O6. The number of nitrogens with two attached hydrogens (primary N) is 2. The van der Waals surface area contributed by atoms with Crippen molar-refractivity contribution in [2.45, 2.75) is 13.1 Å². The average Bonchev–Trinajstić information content (AvgIpc) is 2.76. The van der Waals surface area contributed by atoms with Crippen molar-refractivity contribution in [1.82, 2.24) is 10.3 Å². The first-order valence-electron chi connectivity index (χ1n) is 9.86. The zero-order valence-corrected chi connectivity index (χ0v) is 17.3. The molecular weight excluding hydrogens is 416 g/mol. The van der Waals surface area contributed by atoms with E-state index in [1.165, 1.54) is 0 Å². The molecule has 0 bridgehead atoms. The Morgan fingerprint density at radius 1 is 1.22 bits per heavy atom. The third-order valence-corrected chi connectivity index (χ3v) is 4.95. The van der Waals surface area contributed by atoms with Crippen LogP contribution in [0.25, 0.3) is 10.9 Å². The van der Waals surface area contributed by atoms with E-state index < -0.39 is 18.0 Å². The third-order valence-electron chi connectivity index (χ3n) is 4.95. The highest BCUT2D eigenvalue weighted by Crippen LogP contribution is 2.34. The van der Waals surface area contributed by atoms with Crippen LogP contribution in [0.15, 0.2) is 36.4 Å². The molecule has 0 saturated carbocycles. The highest BCUT2D eigenvalue weighted by molar-refractivity contribution is 6.06. The molecule has 2 aromatic carbocycles. The van der Waals surface area contributed by atoms with E-state index in [1.807, 2.05) is 0 Å². The minimum Gasteiger partial charge on any atom is -0.489 e. The van der Waals surface area contributed by atoms with Gasteiger partial charge in [-0.05, 0) is 31.2 Å². The number of aromatic carboxylic acids is 1. The fraction of sp³-hybridized carbons (Fsp3) is 0.227. The van der Waals surface area contributed by atoms with E-state index in [-0.39, 0.29) is 17.9 Å². The van der Waals surface area contributed by atoms with E-state index in [9.17, 15) is 14.7 Å². The van der Waals surface area contributed by atoms with Crippen LogP contribution in [0, 0.1) is 6.92 Å². The first-order valence-corrected chi connectivity index (χ1v) is 9.86. The predicted molar refractivity (Wildman–Crippen MR) is 116 cm³/mol. The van der Waals surface area contributed by atoms with Crippen LogP contribution in [-0.4, -0.2) is 48.0 Å². The minimum atomic E-state index is -1.18. The van der Waals surface area contributed by atoms with E-state index in [0.29, 0.717) is 52.6 Å². The molecule has 1 aliphatic heterocycles. The van der Waals surface area contributed by atoms with Gasteiger partial charge in [0.1, 0.15) is 37.3 Å². The largest absolute Gasteiger partial charge is 0.489 e. The standard InChI is InChI=1S/C22H22N4O6/c1-11-17(22(28)29)19(24)18-13(25-11)5-3-6-14(18)32-10-16(23)26-21(27)12-4-2-7-15-20(12)31-9-8-30-15/h2-7,16H,8-10,23H2,1H3,(H2,24,25)(H,26,27)(H,28,29). The lowest BCUT2D eigenvalue weighted by Gasteiger charge is -2.22. The van der Waals surface area contributed by atoms with Gasteiger partial charge in [0.2, 0.25) is 0 Å². The van der Waals surface area contributed by atoms with Crippen LogP contribution in [0.1, 0.15) is 26.4 Å². The smallest absolute Gasteiger partial charge is 0.339 e. The Labute approximate surface area is 183 Å². The molecule has 1 aliphatic rings. The molecule has 1 unspecified atom stereocenters. The summed E-state index contributed by atoms with van der Waals surface area (Å²) in [6.07, 6.45) is -0.864. The number of para-hydroxylation sites is 1. The van der Waals surface area contributed by atoms with Gasteiger partial charge in [-0.3, -0.25) is 9.78 Å². The van der Waals surface area contributed by atoms with Crippen molar-refractivity contribution < 1.29 is 28.9 Å². The number of anilines is 1. The summed E-state index contributed by atoms with van der Waals surface area (Å²) in [5.74, 6) is -0.434. The summed E-state index contributed by atoms with van der Waals surface area (Å²) in [5, 5.41) is 12.5. The molecule has 0 radical (unpaired) electrons. The summed E-state index contributed by atoms with van der Waals surface area (Å²) in [4.78, 5) is 28.6. The van der Waals surface area contributed by atoms with Crippen LogP contribution in [0.3, 0.4) is 0 Å². The molecule has 6 N–H and O–H groups in total. The van der Waals surface area contributed by atoms with Gasteiger partial charge in [0.15, 0.2) is 11.5 Å². The number of nitrogen functional groups attached to an aromatic ring is 1. The Bertz CT molecular complexity index is 1210. The number of amides is 1. The van der Waals surface area contributed by atoms with E-state index in [0.717, 1.165) is 0 Å². The lowest BCUT2D eigenvalue weighted by molar-refractivity contribution is 0.0696. The number of benzene rings is 2. The number of pyridine rings is 1. The van der Waals surface area contributed by atoms with E-state index in [4.69, 9.17) is 25.7 Å². The fourth-order valence-corrected chi connectivity index (χ4v) is 3.55. The highest BCUT2D eigenvalue weighted by Gasteiger charge is 2.22. The van der Waals surface area contributed by atoms with Gasteiger partial charge in [-0.15, -0.1) is 0 Å². The molecule has 1 aromatic heterocycles. The molecule has 32 heavy (non-hydrogen) atoms. The van der Waals surface area contributed by atoms with Gasteiger partial charge in [0.25, 0.3) is 5.91 Å². The number of carboxylic acids is 1. The van der Waals surface area contributed by atoms with E-state index in [2.05, 4.69) is 10.3 Å². The highest BCUT2D eigenvalue weighted by atomic mass is 16.6. The Balaban J connectivity index is 1.51. The molecule has 0 fully saturated rings. The van der Waals surface area contributed by atoms with Crippen molar-refractivity contribution >= 4 is 28.5 Å². The van der Waals surface area contributed by atoms with Crippen LogP contribution >= 0.6 is 0 Å². The molecule has 0 aliphatic carbocycles. The number of hydrogen-bond donors (Lipinski definition) is 4. The first kappa shape index (κ1) is 21.2. The number of aryl methyl sites for hydroxylation is 1. The summed E-state index contributed by atoms with van der Waals surface area (Å²) >= 11 is 0. The van der Waals surface area contributed by atoms with Crippen molar-refractivity contribution in [3.8, 4) is 17.2 Å². The molecule has 166 valence electrons. The Hall–Kier alpha value is -4.05. The lowest BCUT2D eigenvalue weighted by atomic mass is 10.1. The maximum absolute atomic E-state index is 12.7. The Kier molecular flexibility index (Phi) is 5.69. The SMILES string of the molecule is Cc1nc2cccc(OCC(N)NC(=O)c3cccc4c3OCCO4)c2c(N)c1C(=O)O. The number of nitrogens with zero attached hydrogens (tertiary/aromatic N) is 1. The van der Waals surface area contributed by atoms with E-state index >= 15 is 0 Å². The number of nitrogens with one attached hydrogen (secondary N) is 1. The lowest BCUT2D eigenvalue weighted by Crippen LogP contribution is -2.45. The molecule has 3 aromatic rings. The second-order valence-corrected chi connectivity index (χ2v) is 7.16. The summed E-state index contributed by atoms with van der Waals surface area (Å²) in [7, 11) is 0. The number of aromatic nitrogens is 1. The van der Waals surface area contributed by atoms with Gasteiger partial charge in [-0.1, -0.05) is 12.1 Å². The van der Waals surface area contributed by atoms with Gasteiger partial charge in [0, 0.05) is 0 Å².